The molecule has 4 nitrogen and oxygen atoms in total. The third-order valence-corrected chi connectivity index (χ3v) is 1.30. The largest absolute Gasteiger partial charge is 0.330 e. The third-order valence-electron chi connectivity index (χ3n) is 0.815. The van der Waals surface area contributed by atoms with Crippen molar-refractivity contribution in [2.24, 2.45) is 0 Å². The maximum absolute atomic E-state index is 10.5. The van der Waals surface area contributed by atoms with Crippen molar-refractivity contribution >= 4 is 35.0 Å². The summed E-state index contributed by atoms with van der Waals surface area (Å²) in [6, 6.07) is 0. The number of rotatable bonds is 4. The Hall–Kier alpha value is -0.740. The molecule has 0 aromatic rings. The van der Waals surface area contributed by atoms with Crippen molar-refractivity contribution in [2.45, 2.75) is 0 Å². The first kappa shape index (κ1) is 11.3. The van der Waals surface area contributed by atoms with Crippen molar-refractivity contribution in [3.63, 3.8) is 0 Å². The van der Waals surface area contributed by atoms with Crippen LogP contribution in [0.3, 0.4) is 0 Å². The molecule has 12 heavy (non-hydrogen) atoms. The van der Waals surface area contributed by atoms with E-state index in [1.807, 2.05) is 0 Å². The molecule has 0 atom stereocenters. The van der Waals surface area contributed by atoms with Crippen molar-refractivity contribution < 1.29 is 9.59 Å². The minimum Gasteiger partial charge on any atom is -0.330 e. The van der Waals surface area contributed by atoms with Crippen LogP contribution in [0, 0.1) is 0 Å². The summed E-state index contributed by atoms with van der Waals surface area (Å²) in [7, 11) is 0. The third kappa shape index (κ3) is 6.00. The SMILES string of the molecule is O=C(CCl)N/C=C/NC(=O)CCl. The quantitative estimate of drug-likeness (QED) is 0.651. The van der Waals surface area contributed by atoms with Gasteiger partial charge < -0.3 is 10.6 Å². The molecule has 0 fully saturated rings. The highest BCUT2D eigenvalue weighted by molar-refractivity contribution is 6.27. The zero-order valence-corrected chi connectivity index (χ0v) is 7.65. The lowest BCUT2D eigenvalue weighted by Crippen LogP contribution is -2.22. The van der Waals surface area contributed by atoms with Crippen LogP contribution in [-0.4, -0.2) is 23.6 Å². The van der Waals surface area contributed by atoms with E-state index in [0.717, 1.165) is 0 Å². The summed E-state index contributed by atoms with van der Waals surface area (Å²) in [5.41, 5.74) is 0. The number of hydrogen-bond donors (Lipinski definition) is 2. The molecule has 0 heterocycles. The van der Waals surface area contributed by atoms with Gasteiger partial charge in [-0.2, -0.15) is 0 Å². The second-order valence-electron chi connectivity index (χ2n) is 1.74. The van der Waals surface area contributed by atoms with Crippen LogP contribution >= 0.6 is 23.2 Å². The highest BCUT2D eigenvalue weighted by atomic mass is 35.5. The Morgan fingerprint density at radius 1 is 1.00 bits per heavy atom. The predicted octanol–water partition coefficient (Wildman–Crippen LogP) is 0.168. The second-order valence-corrected chi connectivity index (χ2v) is 2.27. The first-order valence-corrected chi connectivity index (χ1v) is 4.13. The smallest absolute Gasteiger partial charge is 0.238 e. The van der Waals surface area contributed by atoms with E-state index in [-0.39, 0.29) is 23.6 Å². The second kappa shape index (κ2) is 6.94. The van der Waals surface area contributed by atoms with Gasteiger partial charge in [0.2, 0.25) is 11.8 Å². The van der Waals surface area contributed by atoms with Gasteiger partial charge in [0, 0.05) is 12.4 Å². The number of carbonyl (C=O) groups excluding carboxylic acids is 2. The number of carbonyl (C=O) groups is 2. The highest BCUT2D eigenvalue weighted by Crippen LogP contribution is 1.75. The maximum atomic E-state index is 10.5. The molecule has 0 bridgehead atoms. The van der Waals surface area contributed by atoms with Gasteiger partial charge in [-0.15, -0.1) is 23.2 Å². The molecule has 2 N–H and O–H groups in total. The number of amides is 2. The van der Waals surface area contributed by atoms with Crippen LogP contribution in [0.2, 0.25) is 0 Å². The molecule has 0 spiro atoms. The minimum atomic E-state index is -0.340. The summed E-state index contributed by atoms with van der Waals surface area (Å²) in [5, 5.41) is 4.61. The fraction of sp³-hybridized carbons (Fsp3) is 0.333. The Labute approximate surface area is 79.9 Å². The Morgan fingerprint density at radius 2 is 1.33 bits per heavy atom. The first-order chi connectivity index (χ1) is 5.70. The average molecular weight is 211 g/mol. The van der Waals surface area contributed by atoms with Gasteiger partial charge in [0.25, 0.3) is 0 Å². The van der Waals surface area contributed by atoms with E-state index in [2.05, 4.69) is 10.6 Å². The lowest BCUT2D eigenvalue weighted by atomic mass is 10.6. The van der Waals surface area contributed by atoms with Crippen molar-refractivity contribution in [3.8, 4) is 0 Å². The Kier molecular flexibility index (Phi) is 6.51. The molecule has 0 rings (SSSR count). The molecule has 0 radical (unpaired) electrons. The summed E-state index contributed by atoms with van der Waals surface area (Å²) < 4.78 is 0. The molecule has 0 aliphatic carbocycles. The van der Waals surface area contributed by atoms with Crippen LogP contribution < -0.4 is 10.6 Å². The standard InChI is InChI=1S/C6H8Cl2N2O2/c7-3-5(11)9-1-2-10-6(12)4-8/h1-2H,3-4H2,(H,9,11)(H,10,12)/b2-1+. The molecular weight excluding hydrogens is 203 g/mol. The van der Waals surface area contributed by atoms with Gasteiger partial charge in [-0.3, -0.25) is 9.59 Å². The van der Waals surface area contributed by atoms with Gasteiger partial charge in [0.05, 0.1) is 0 Å². The van der Waals surface area contributed by atoms with Gasteiger partial charge in [0.1, 0.15) is 11.8 Å². The predicted molar refractivity (Wildman–Crippen MR) is 46.9 cm³/mol. The van der Waals surface area contributed by atoms with Gasteiger partial charge in [0.15, 0.2) is 0 Å². The first-order valence-electron chi connectivity index (χ1n) is 3.06. The van der Waals surface area contributed by atoms with E-state index in [0.29, 0.717) is 0 Å². The fourth-order valence-electron chi connectivity index (χ4n) is 0.346. The van der Waals surface area contributed by atoms with E-state index in [4.69, 9.17) is 23.2 Å². The van der Waals surface area contributed by atoms with Crippen LogP contribution in [0.5, 0.6) is 0 Å². The average Bonchev–Trinajstić information content (AvgIpc) is 2.11. The summed E-state index contributed by atoms with van der Waals surface area (Å²) in [5.74, 6) is -0.914. The molecule has 68 valence electrons. The summed E-state index contributed by atoms with van der Waals surface area (Å²) in [6.07, 6.45) is 2.55. The van der Waals surface area contributed by atoms with Crippen LogP contribution in [0.15, 0.2) is 12.4 Å². The van der Waals surface area contributed by atoms with E-state index in [9.17, 15) is 9.59 Å². The van der Waals surface area contributed by atoms with Crippen molar-refractivity contribution in [1.82, 2.24) is 10.6 Å². The molecule has 6 heteroatoms. The minimum absolute atomic E-state index is 0.117. The summed E-state index contributed by atoms with van der Waals surface area (Å²) in [4.78, 5) is 21.0. The molecule has 0 saturated carbocycles. The van der Waals surface area contributed by atoms with Crippen LogP contribution in [-0.2, 0) is 9.59 Å². The Bertz CT molecular complexity index is 174. The lowest BCUT2D eigenvalue weighted by Gasteiger charge is -1.94. The highest BCUT2D eigenvalue weighted by Gasteiger charge is 1.93. The zero-order chi connectivity index (χ0) is 9.40. The maximum Gasteiger partial charge on any atom is 0.238 e. The molecule has 0 saturated heterocycles. The van der Waals surface area contributed by atoms with Gasteiger partial charge >= 0.3 is 0 Å². The molecule has 2 amide bonds. The number of hydrogen-bond acceptors (Lipinski definition) is 2. The van der Waals surface area contributed by atoms with Crippen LogP contribution in [0.25, 0.3) is 0 Å². The molecule has 0 aliphatic heterocycles. The lowest BCUT2D eigenvalue weighted by molar-refractivity contribution is -0.118. The van der Waals surface area contributed by atoms with Crippen molar-refractivity contribution in [1.29, 1.82) is 0 Å². The van der Waals surface area contributed by atoms with E-state index in [1.54, 1.807) is 0 Å². The van der Waals surface area contributed by atoms with Crippen LogP contribution in [0.1, 0.15) is 0 Å². The summed E-state index contributed by atoms with van der Waals surface area (Å²) in [6.45, 7) is 0. The molecule has 0 aromatic carbocycles. The van der Waals surface area contributed by atoms with Crippen molar-refractivity contribution in [3.05, 3.63) is 12.4 Å². The van der Waals surface area contributed by atoms with Gasteiger partial charge in [-0.05, 0) is 0 Å². The molecule has 0 aliphatic rings. The van der Waals surface area contributed by atoms with Gasteiger partial charge in [-0.25, -0.2) is 0 Å². The van der Waals surface area contributed by atoms with Crippen LogP contribution in [0.4, 0.5) is 0 Å². The topological polar surface area (TPSA) is 58.2 Å². The zero-order valence-electron chi connectivity index (χ0n) is 6.14. The molecule has 0 unspecified atom stereocenters. The normalized spacial score (nSPS) is 9.83. The Morgan fingerprint density at radius 3 is 1.58 bits per heavy atom. The number of halogens is 2. The number of alkyl halides is 2. The monoisotopic (exact) mass is 210 g/mol. The van der Waals surface area contributed by atoms with E-state index in [1.165, 1.54) is 12.4 Å². The number of nitrogens with one attached hydrogen (secondary N) is 2. The summed E-state index contributed by atoms with van der Waals surface area (Å²) >= 11 is 10.3. The van der Waals surface area contributed by atoms with Crippen molar-refractivity contribution in [2.75, 3.05) is 11.8 Å². The van der Waals surface area contributed by atoms with E-state index < -0.39 is 0 Å². The van der Waals surface area contributed by atoms with Gasteiger partial charge in [-0.1, -0.05) is 0 Å². The molecule has 0 aromatic heterocycles. The van der Waals surface area contributed by atoms with E-state index >= 15 is 0 Å². The Balaban J connectivity index is 3.50. The molecular formula is C6H8Cl2N2O2. The fourth-order valence-corrected chi connectivity index (χ4v) is 0.501.